The highest BCUT2D eigenvalue weighted by Gasteiger charge is 2.11. The second kappa shape index (κ2) is 13.2. The van der Waals surface area contributed by atoms with E-state index >= 15 is 0 Å². The lowest BCUT2D eigenvalue weighted by molar-refractivity contribution is -0.139. The van der Waals surface area contributed by atoms with Crippen molar-refractivity contribution < 1.29 is 19.1 Å². The van der Waals surface area contributed by atoms with Gasteiger partial charge in [0.1, 0.15) is 5.75 Å². The summed E-state index contributed by atoms with van der Waals surface area (Å²) in [6.45, 7) is 0.691. The van der Waals surface area contributed by atoms with E-state index in [0.717, 1.165) is 11.1 Å². The van der Waals surface area contributed by atoms with Crippen LogP contribution in [0.3, 0.4) is 0 Å². The average Bonchev–Trinajstić information content (AvgIpc) is 2.88. The SMILES string of the molecule is O=C(COc1ccc(/C=N\NC(=O)C(=O)NCCc2ccccc2)cc1)NCc1ccccc1. The third-order valence-electron chi connectivity index (χ3n) is 4.71. The first-order chi connectivity index (χ1) is 16.6. The van der Waals surface area contributed by atoms with E-state index in [2.05, 4.69) is 21.2 Å². The second-order valence-corrected chi connectivity index (χ2v) is 7.31. The Labute approximate surface area is 198 Å². The van der Waals surface area contributed by atoms with Gasteiger partial charge in [0.05, 0.1) is 6.21 Å². The van der Waals surface area contributed by atoms with E-state index in [1.54, 1.807) is 24.3 Å². The molecule has 3 N–H and O–H groups in total. The maximum Gasteiger partial charge on any atom is 0.329 e. The van der Waals surface area contributed by atoms with E-state index < -0.39 is 11.8 Å². The van der Waals surface area contributed by atoms with Gasteiger partial charge in [-0.2, -0.15) is 5.10 Å². The van der Waals surface area contributed by atoms with Crippen LogP contribution < -0.4 is 20.8 Å². The highest BCUT2D eigenvalue weighted by molar-refractivity contribution is 6.35. The van der Waals surface area contributed by atoms with Crippen LogP contribution >= 0.6 is 0 Å². The molecule has 0 aliphatic rings. The smallest absolute Gasteiger partial charge is 0.329 e. The highest BCUT2D eigenvalue weighted by atomic mass is 16.5. The van der Waals surface area contributed by atoms with Gasteiger partial charge in [0.25, 0.3) is 5.91 Å². The predicted molar refractivity (Wildman–Crippen MR) is 129 cm³/mol. The van der Waals surface area contributed by atoms with Crippen molar-refractivity contribution in [2.75, 3.05) is 13.2 Å². The summed E-state index contributed by atoms with van der Waals surface area (Å²) in [7, 11) is 0. The number of carbonyl (C=O) groups is 3. The van der Waals surface area contributed by atoms with Crippen LogP contribution in [0.1, 0.15) is 16.7 Å². The van der Waals surface area contributed by atoms with E-state index in [4.69, 9.17) is 4.74 Å². The van der Waals surface area contributed by atoms with Crippen LogP contribution in [-0.2, 0) is 27.3 Å². The van der Waals surface area contributed by atoms with Gasteiger partial charge in [-0.3, -0.25) is 14.4 Å². The maximum absolute atomic E-state index is 11.9. The molecule has 0 atom stereocenters. The Morgan fingerprint density at radius 2 is 1.41 bits per heavy atom. The molecule has 8 nitrogen and oxygen atoms in total. The summed E-state index contributed by atoms with van der Waals surface area (Å²) >= 11 is 0. The minimum Gasteiger partial charge on any atom is -0.484 e. The molecule has 0 bridgehead atoms. The standard InChI is InChI=1S/C26H26N4O4/c31-24(28-17-21-9-5-2-6-10-21)19-34-23-13-11-22(12-14-23)18-29-30-26(33)25(32)27-16-15-20-7-3-1-4-8-20/h1-14,18H,15-17,19H2,(H,27,32)(H,28,31)(H,30,33)/b29-18-. The fourth-order valence-corrected chi connectivity index (χ4v) is 2.91. The molecule has 0 aromatic heterocycles. The van der Waals surface area contributed by atoms with Crippen LogP contribution in [0.4, 0.5) is 0 Å². The molecule has 3 rings (SSSR count). The molecule has 0 heterocycles. The molecule has 0 fully saturated rings. The third kappa shape index (κ3) is 8.58. The van der Waals surface area contributed by atoms with Crippen molar-refractivity contribution in [3.8, 4) is 5.75 Å². The second-order valence-electron chi connectivity index (χ2n) is 7.31. The predicted octanol–water partition coefficient (Wildman–Crippen LogP) is 2.19. The molecule has 0 unspecified atom stereocenters. The first-order valence-electron chi connectivity index (χ1n) is 10.8. The van der Waals surface area contributed by atoms with Crippen molar-refractivity contribution in [3.05, 3.63) is 102 Å². The quantitative estimate of drug-likeness (QED) is 0.246. The molecular weight excluding hydrogens is 432 g/mol. The number of rotatable bonds is 10. The van der Waals surface area contributed by atoms with Crippen molar-refractivity contribution in [2.45, 2.75) is 13.0 Å². The van der Waals surface area contributed by atoms with Gasteiger partial charge < -0.3 is 15.4 Å². The molecule has 0 aliphatic heterocycles. The van der Waals surface area contributed by atoms with Gasteiger partial charge in [-0.15, -0.1) is 0 Å². The molecule has 0 saturated carbocycles. The Bertz CT molecular complexity index is 1100. The van der Waals surface area contributed by atoms with Crippen molar-refractivity contribution in [2.24, 2.45) is 5.10 Å². The van der Waals surface area contributed by atoms with Gasteiger partial charge in [-0.05, 0) is 47.4 Å². The van der Waals surface area contributed by atoms with Gasteiger partial charge in [0, 0.05) is 13.1 Å². The number of carbonyl (C=O) groups excluding carboxylic acids is 3. The molecule has 34 heavy (non-hydrogen) atoms. The van der Waals surface area contributed by atoms with E-state index in [1.807, 2.05) is 60.7 Å². The molecule has 0 aliphatic carbocycles. The number of hydrogen-bond acceptors (Lipinski definition) is 5. The lowest BCUT2D eigenvalue weighted by Crippen LogP contribution is -2.38. The summed E-state index contributed by atoms with van der Waals surface area (Å²) in [6, 6.07) is 26.1. The van der Waals surface area contributed by atoms with Crippen LogP contribution in [0, 0.1) is 0 Å². The Morgan fingerprint density at radius 1 is 0.765 bits per heavy atom. The average molecular weight is 459 g/mol. The fraction of sp³-hybridized carbons (Fsp3) is 0.154. The Hall–Kier alpha value is -4.46. The van der Waals surface area contributed by atoms with Crippen LogP contribution in [-0.4, -0.2) is 37.1 Å². The summed E-state index contributed by atoms with van der Waals surface area (Å²) in [5.41, 5.74) is 4.96. The lowest BCUT2D eigenvalue weighted by Gasteiger charge is -2.08. The minimum atomic E-state index is -0.842. The molecule has 3 aromatic rings. The topological polar surface area (TPSA) is 109 Å². The highest BCUT2D eigenvalue weighted by Crippen LogP contribution is 2.11. The first-order valence-corrected chi connectivity index (χ1v) is 10.8. The zero-order valence-corrected chi connectivity index (χ0v) is 18.6. The van der Waals surface area contributed by atoms with Gasteiger partial charge >= 0.3 is 11.8 Å². The molecule has 3 amide bonds. The molecule has 8 heteroatoms. The third-order valence-corrected chi connectivity index (χ3v) is 4.71. The zero-order valence-electron chi connectivity index (χ0n) is 18.6. The molecular formula is C26H26N4O4. The van der Waals surface area contributed by atoms with Crippen LogP contribution in [0.25, 0.3) is 0 Å². The first kappa shape index (κ1) is 24.2. The summed E-state index contributed by atoms with van der Waals surface area (Å²) in [6.07, 6.45) is 2.04. The summed E-state index contributed by atoms with van der Waals surface area (Å²) in [4.78, 5) is 35.6. The minimum absolute atomic E-state index is 0.101. The Kier molecular flexibility index (Phi) is 9.37. The normalized spacial score (nSPS) is 10.5. The number of amides is 3. The lowest BCUT2D eigenvalue weighted by atomic mass is 10.1. The number of ether oxygens (including phenoxy) is 1. The van der Waals surface area contributed by atoms with E-state index in [0.29, 0.717) is 30.8 Å². The van der Waals surface area contributed by atoms with Gasteiger partial charge in [0.2, 0.25) is 0 Å². The van der Waals surface area contributed by atoms with Gasteiger partial charge in [-0.1, -0.05) is 60.7 Å². The fourth-order valence-electron chi connectivity index (χ4n) is 2.91. The van der Waals surface area contributed by atoms with E-state index in [1.165, 1.54) is 6.21 Å². The number of nitrogens with one attached hydrogen (secondary N) is 3. The molecule has 0 saturated heterocycles. The van der Waals surface area contributed by atoms with E-state index in [-0.39, 0.29) is 12.5 Å². The number of benzene rings is 3. The summed E-state index contributed by atoms with van der Waals surface area (Å²) in [5.74, 6) is -1.29. The van der Waals surface area contributed by atoms with Gasteiger partial charge in [0.15, 0.2) is 6.61 Å². The number of hydrazone groups is 1. The van der Waals surface area contributed by atoms with Crippen molar-refractivity contribution in [3.63, 3.8) is 0 Å². The van der Waals surface area contributed by atoms with Crippen molar-refractivity contribution >= 4 is 23.9 Å². The Morgan fingerprint density at radius 3 is 2.09 bits per heavy atom. The molecule has 3 aromatic carbocycles. The van der Waals surface area contributed by atoms with Crippen molar-refractivity contribution in [1.29, 1.82) is 0 Å². The monoisotopic (exact) mass is 458 g/mol. The number of hydrogen-bond donors (Lipinski definition) is 3. The Balaban J connectivity index is 1.33. The molecule has 174 valence electrons. The molecule has 0 spiro atoms. The zero-order chi connectivity index (χ0) is 24.0. The van der Waals surface area contributed by atoms with Crippen LogP contribution in [0.2, 0.25) is 0 Å². The summed E-state index contributed by atoms with van der Waals surface area (Å²) in [5, 5.41) is 9.14. The number of nitrogens with zero attached hydrogens (tertiary/aromatic N) is 1. The van der Waals surface area contributed by atoms with Crippen LogP contribution in [0.5, 0.6) is 5.75 Å². The largest absolute Gasteiger partial charge is 0.484 e. The molecule has 0 radical (unpaired) electrons. The maximum atomic E-state index is 11.9. The van der Waals surface area contributed by atoms with Crippen LogP contribution in [0.15, 0.2) is 90.0 Å². The van der Waals surface area contributed by atoms with E-state index in [9.17, 15) is 14.4 Å². The summed E-state index contributed by atoms with van der Waals surface area (Å²) < 4.78 is 5.48. The van der Waals surface area contributed by atoms with Gasteiger partial charge in [-0.25, -0.2) is 5.43 Å². The van der Waals surface area contributed by atoms with Crippen molar-refractivity contribution in [1.82, 2.24) is 16.1 Å².